The summed E-state index contributed by atoms with van der Waals surface area (Å²) < 4.78 is 0. The van der Waals surface area contributed by atoms with Crippen molar-refractivity contribution in [3.8, 4) is 0 Å². The van der Waals surface area contributed by atoms with Gasteiger partial charge in [-0.25, -0.2) is 0 Å². The maximum absolute atomic E-state index is 13.1. The van der Waals surface area contributed by atoms with E-state index in [1.165, 1.54) is 37.9 Å². The van der Waals surface area contributed by atoms with E-state index in [0.717, 1.165) is 17.8 Å². The lowest BCUT2D eigenvalue weighted by molar-refractivity contribution is -0.120. The maximum Gasteiger partial charge on any atom is 0.253 e. The SMILES string of the molecule is O=C(c1ccc(CN2CCCCC2)cc1)N1CCC2(C1)C(=O)Nc1ccccc12. The molecule has 0 bridgehead atoms. The fourth-order valence-electron chi connectivity index (χ4n) is 5.07. The number of fused-ring (bicyclic) bond motifs is 2. The number of nitrogens with one attached hydrogen (secondary N) is 1. The number of hydrogen-bond donors (Lipinski definition) is 1. The van der Waals surface area contributed by atoms with Crippen LogP contribution in [0.5, 0.6) is 0 Å². The smallest absolute Gasteiger partial charge is 0.253 e. The van der Waals surface area contributed by atoms with Gasteiger partial charge in [-0.15, -0.1) is 0 Å². The van der Waals surface area contributed by atoms with Crippen LogP contribution in [0.1, 0.15) is 47.2 Å². The fraction of sp³-hybridized carbons (Fsp3) is 0.417. The predicted molar refractivity (Wildman–Crippen MR) is 113 cm³/mol. The zero-order chi connectivity index (χ0) is 19.8. The van der Waals surface area contributed by atoms with Gasteiger partial charge in [0.2, 0.25) is 5.91 Å². The van der Waals surface area contributed by atoms with Gasteiger partial charge < -0.3 is 10.2 Å². The Kier molecular flexibility index (Phi) is 4.63. The molecule has 29 heavy (non-hydrogen) atoms. The van der Waals surface area contributed by atoms with Crippen molar-refractivity contribution < 1.29 is 9.59 Å². The minimum absolute atomic E-state index is 0.0172. The highest BCUT2D eigenvalue weighted by molar-refractivity contribution is 6.07. The van der Waals surface area contributed by atoms with Gasteiger partial charge in [-0.05, 0) is 61.7 Å². The lowest BCUT2D eigenvalue weighted by Gasteiger charge is -2.26. The van der Waals surface area contributed by atoms with Crippen LogP contribution in [0, 0.1) is 0 Å². The Labute approximate surface area is 171 Å². The number of para-hydroxylation sites is 1. The molecule has 150 valence electrons. The van der Waals surface area contributed by atoms with Crippen LogP contribution in [0.4, 0.5) is 5.69 Å². The second-order valence-corrected chi connectivity index (χ2v) is 8.59. The molecule has 0 radical (unpaired) electrons. The van der Waals surface area contributed by atoms with Gasteiger partial charge in [-0.2, -0.15) is 0 Å². The number of carbonyl (C=O) groups is 2. The van der Waals surface area contributed by atoms with E-state index < -0.39 is 5.41 Å². The molecule has 2 aromatic carbocycles. The molecular weight excluding hydrogens is 362 g/mol. The average Bonchev–Trinajstić information content (AvgIpc) is 3.32. The fourth-order valence-corrected chi connectivity index (χ4v) is 5.07. The van der Waals surface area contributed by atoms with Crippen LogP contribution >= 0.6 is 0 Å². The Balaban J connectivity index is 1.29. The highest BCUT2D eigenvalue weighted by atomic mass is 16.2. The molecular formula is C24H27N3O2. The summed E-state index contributed by atoms with van der Waals surface area (Å²) in [7, 11) is 0. The Hall–Kier alpha value is -2.66. The molecule has 1 N–H and O–H groups in total. The molecule has 5 rings (SSSR count). The van der Waals surface area contributed by atoms with Crippen molar-refractivity contribution in [1.29, 1.82) is 0 Å². The third-order valence-corrected chi connectivity index (χ3v) is 6.74. The van der Waals surface area contributed by atoms with Crippen molar-refractivity contribution in [2.75, 3.05) is 31.5 Å². The third-order valence-electron chi connectivity index (χ3n) is 6.74. The van der Waals surface area contributed by atoms with Gasteiger partial charge in [0.25, 0.3) is 5.91 Å². The Morgan fingerprint density at radius 1 is 0.966 bits per heavy atom. The van der Waals surface area contributed by atoms with E-state index in [1.807, 2.05) is 41.3 Å². The van der Waals surface area contributed by atoms with Crippen LogP contribution in [-0.4, -0.2) is 47.8 Å². The van der Waals surface area contributed by atoms with Gasteiger partial charge in [-0.3, -0.25) is 14.5 Å². The first-order valence-electron chi connectivity index (χ1n) is 10.7. The first-order chi connectivity index (χ1) is 14.2. The van der Waals surface area contributed by atoms with Crippen molar-refractivity contribution in [2.24, 2.45) is 0 Å². The minimum atomic E-state index is -0.597. The summed E-state index contributed by atoms with van der Waals surface area (Å²) in [5, 5.41) is 2.99. The molecule has 1 unspecified atom stereocenters. The van der Waals surface area contributed by atoms with Crippen molar-refractivity contribution in [1.82, 2.24) is 9.80 Å². The van der Waals surface area contributed by atoms with E-state index >= 15 is 0 Å². The standard InChI is InChI=1S/C24H27N3O2/c28-22(19-10-8-18(9-11-19)16-26-13-4-1-5-14-26)27-15-12-24(17-27)20-6-2-3-7-21(20)25-23(24)29/h2-3,6-11H,1,4-5,12-17H2,(H,25,29). The molecule has 2 amide bonds. The number of likely N-dealkylation sites (tertiary alicyclic amines) is 2. The number of nitrogens with zero attached hydrogens (tertiary/aromatic N) is 2. The summed E-state index contributed by atoms with van der Waals surface area (Å²) >= 11 is 0. The van der Waals surface area contributed by atoms with E-state index in [1.54, 1.807) is 0 Å². The van der Waals surface area contributed by atoms with Crippen LogP contribution in [0.25, 0.3) is 0 Å². The lowest BCUT2D eigenvalue weighted by Crippen LogP contribution is -2.39. The molecule has 2 aromatic rings. The number of anilines is 1. The first-order valence-corrected chi connectivity index (χ1v) is 10.7. The van der Waals surface area contributed by atoms with Gasteiger partial charge in [0.05, 0.1) is 5.41 Å². The molecule has 1 atom stereocenters. The monoisotopic (exact) mass is 389 g/mol. The van der Waals surface area contributed by atoms with Gasteiger partial charge in [0, 0.05) is 30.9 Å². The molecule has 5 nitrogen and oxygen atoms in total. The van der Waals surface area contributed by atoms with Crippen LogP contribution in [0.2, 0.25) is 0 Å². The molecule has 3 aliphatic rings. The van der Waals surface area contributed by atoms with E-state index in [2.05, 4.69) is 22.3 Å². The van der Waals surface area contributed by atoms with E-state index in [-0.39, 0.29) is 11.8 Å². The molecule has 1 spiro atoms. The van der Waals surface area contributed by atoms with Crippen LogP contribution in [0.3, 0.4) is 0 Å². The summed E-state index contributed by atoms with van der Waals surface area (Å²) in [4.78, 5) is 30.2. The van der Waals surface area contributed by atoms with Crippen molar-refractivity contribution in [3.05, 3.63) is 65.2 Å². The minimum Gasteiger partial charge on any atom is -0.337 e. The number of rotatable bonds is 3. The molecule has 2 saturated heterocycles. The molecule has 3 aliphatic heterocycles. The summed E-state index contributed by atoms with van der Waals surface area (Å²) in [5.41, 5.74) is 3.27. The van der Waals surface area contributed by atoms with Gasteiger partial charge >= 0.3 is 0 Å². The van der Waals surface area contributed by atoms with Crippen LogP contribution in [0.15, 0.2) is 48.5 Å². The van der Waals surface area contributed by atoms with Crippen LogP contribution < -0.4 is 5.32 Å². The van der Waals surface area contributed by atoms with E-state index in [0.29, 0.717) is 25.1 Å². The summed E-state index contributed by atoms with van der Waals surface area (Å²) in [6, 6.07) is 15.9. The third kappa shape index (κ3) is 3.23. The van der Waals surface area contributed by atoms with E-state index in [9.17, 15) is 9.59 Å². The van der Waals surface area contributed by atoms with Crippen LogP contribution in [-0.2, 0) is 16.8 Å². The van der Waals surface area contributed by atoms with Crippen molar-refractivity contribution in [2.45, 2.75) is 37.6 Å². The molecule has 0 aliphatic carbocycles. The van der Waals surface area contributed by atoms with Gasteiger partial charge in [-0.1, -0.05) is 36.8 Å². The van der Waals surface area contributed by atoms with Crippen molar-refractivity contribution >= 4 is 17.5 Å². The largest absolute Gasteiger partial charge is 0.337 e. The molecule has 3 heterocycles. The highest BCUT2D eigenvalue weighted by Gasteiger charge is 2.51. The highest BCUT2D eigenvalue weighted by Crippen LogP contribution is 2.44. The topological polar surface area (TPSA) is 52.7 Å². The Morgan fingerprint density at radius 2 is 1.72 bits per heavy atom. The Bertz CT molecular complexity index is 933. The number of benzene rings is 2. The zero-order valence-corrected chi connectivity index (χ0v) is 16.7. The summed E-state index contributed by atoms with van der Waals surface area (Å²) in [5.74, 6) is 0.0365. The normalized spacial score (nSPS) is 24.0. The Morgan fingerprint density at radius 3 is 2.52 bits per heavy atom. The van der Waals surface area contributed by atoms with Gasteiger partial charge in [0.15, 0.2) is 0 Å². The maximum atomic E-state index is 13.1. The molecule has 0 aromatic heterocycles. The predicted octanol–water partition coefficient (Wildman–Crippen LogP) is 3.41. The zero-order valence-electron chi connectivity index (χ0n) is 16.7. The summed E-state index contributed by atoms with van der Waals surface area (Å²) in [6.45, 7) is 4.35. The lowest BCUT2D eigenvalue weighted by atomic mass is 9.81. The second kappa shape index (κ2) is 7.30. The quantitative estimate of drug-likeness (QED) is 0.875. The molecule has 2 fully saturated rings. The number of carbonyl (C=O) groups excluding carboxylic acids is 2. The second-order valence-electron chi connectivity index (χ2n) is 8.59. The van der Waals surface area contributed by atoms with Gasteiger partial charge in [0.1, 0.15) is 0 Å². The number of piperidine rings is 1. The molecule has 0 saturated carbocycles. The number of amides is 2. The van der Waals surface area contributed by atoms with Crippen molar-refractivity contribution in [3.63, 3.8) is 0 Å². The first kappa shape index (κ1) is 18.4. The van der Waals surface area contributed by atoms with E-state index in [4.69, 9.17) is 0 Å². The molecule has 5 heteroatoms. The average molecular weight is 389 g/mol. The summed E-state index contributed by atoms with van der Waals surface area (Å²) in [6.07, 6.45) is 4.58. The number of hydrogen-bond acceptors (Lipinski definition) is 3.